The molecule has 0 radical (unpaired) electrons. The summed E-state index contributed by atoms with van der Waals surface area (Å²) < 4.78 is 5.60. The number of hydrogen-bond donors (Lipinski definition) is 2. The van der Waals surface area contributed by atoms with Crippen molar-refractivity contribution in [2.75, 3.05) is 6.61 Å². The van der Waals surface area contributed by atoms with Crippen LogP contribution in [0, 0.1) is 19.8 Å². The average Bonchev–Trinajstić information content (AvgIpc) is 2.12. The highest BCUT2D eigenvalue weighted by Crippen LogP contribution is 2.16. The zero-order valence-corrected chi connectivity index (χ0v) is 10.3. The van der Waals surface area contributed by atoms with Crippen LogP contribution in [-0.2, 0) is 0 Å². The van der Waals surface area contributed by atoms with Gasteiger partial charge in [-0.3, -0.25) is 0 Å². The van der Waals surface area contributed by atoms with Crippen LogP contribution in [0.1, 0.15) is 25.0 Å². The zero-order chi connectivity index (χ0) is 12.3. The molecule has 0 aromatic heterocycles. The van der Waals surface area contributed by atoms with E-state index in [1.165, 1.54) is 0 Å². The number of ether oxygens (including phenoxy) is 1. The van der Waals surface area contributed by atoms with Gasteiger partial charge in [-0.2, -0.15) is 0 Å². The van der Waals surface area contributed by atoms with Gasteiger partial charge in [0, 0.05) is 0 Å². The Morgan fingerprint density at radius 3 is 2.06 bits per heavy atom. The molecule has 0 fully saturated rings. The van der Waals surface area contributed by atoms with E-state index >= 15 is 0 Å². The second-order valence-electron chi connectivity index (χ2n) is 4.55. The lowest BCUT2D eigenvalue weighted by molar-refractivity contribution is 0.271. The fourth-order valence-electron chi connectivity index (χ4n) is 1.69. The van der Waals surface area contributed by atoms with Crippen LogP contribution in [0.25, 0.3) is 0 Å². The van der Waals surface area contributed by atoms with Gasteiger partial charge in [-0.1, -0.05) is 13.8 Å². The lowest BCUT2D eigenvalue weighted by Gasteiger charge is -2.14. The van der Waals surface area contributed by atoms with Crippen molar-refractivity contribution < 1.29 is 14.8 Å². The molecule has 1 rings (SSSR count). The maximum Gasteiger partial charge on any atom is 0.488 e. The van der Waals surface area contributed by atoms with Gasteiger partial charge in [-0.15, -0.1) is 0 Å². The number of rotatable bonds is 4. The summed E-state index contributed by atoms with van der Waals surface area (Å²) in [5, 5.41) is 18.4. The van der Waals surface area contributed by atoms with E-state index in [9.17, 15) is 10.0 Å². The molecular weight excluding hydrogens is 203 g/mol. The predicted molar refractivity (Wildman–Crippen MR) is 66.1 cm³/mol. The average molecular weight is 222 g/mol. The van der Waals surface area contributed by atoms with Gasteiger partial charge in [0.1, 0.15) is 5.75 Å². The first-order valence-electron chi connectivity index (χ1n) is 5.52. The molecule has 0 amide bonds. The third-order valence-electron chi connectivity index (χ3n) is 2.41. The molecule has 3 nitrogen and oxygen atoms in total. The topological polar surface area (TPSA) is 49.7 Å². The monoisotopic (exact) mass is 222 g/mol. The highest BCUT2D eigenvalue weighted by Gasteiger charge is 2.17. The van der Waals surface area contributed by atoms with Gasteiger partial charge in [-0.05, 0) is 48.5 Å². The first-order chi connectivity index (χ1) is 7.41. The van der Waals surface area contributed by atoms with Gasteiger partial charge in [0.2, 0.25) is 0 Å². The van der Waals surface area contributed by atoms with Crippen molar-refractivity contribution in [3.8, 4) is 5.75 Å². The summed E-state index contributed by atoms with van der Waals surface area (Å²) in [7, 11) is -1.42. The summed E-state index contributed by atoms with van der Waals surface area (Å²) in [6.45, 7) is 8.55. The first-order valence-corrected chi connectivity index (χ1v) is 5.52. The molecule has 0 aliphatic carbocycles. The zero-order valence-electron chi connectivity index (χ0n) is 10.3. The Bertz CT molecular complexity index is 338. The minimum absolute atomic E-state index is 0.476. The second kappa shape index (κ2) is 5.37. The quantitative estimate of drug-likeness (QED) is 0.747. The molecule has 0 bridgehead atoms. The number of aryl methyl sites for hydroxylation is 2. The summed E-state index contributed by atoms with van der Waals surface area (Å²) in [5.41, 5.74) is 2.25. The predicted octanol–water partition coefficient (Wildman–Crippen LogP) is 1.02. The van der Waals surface area contributed by atoms with Crippen molar-refractivity contribution in [2.45, 2.75) is 27.7 Å². The van der Waals surface area contributed by atoms with Crippen molar-refractivity contribution in [1.82, 2.24) is 0 Å². The van der Waals surface area contributed by atoms with Crippen molar-refractivity contribution >= 4 is 12.6 Å². The molecule has 16 heavy (non-hydrogen) atoms. The third-order valence-corrected chi connectivity index (χ3v) is 2.41. The highest BCUT2D eigenvalue weighted by atomic mass is 16.5. The van der Waals surface area contributed by atoms with Crippen molar-refractivity contribution in [3.05, 3.63) is 23.3 Å². The van der Waals surface area contributed by atoms with Crippen molar-refractivity contribution in [1.29, 1.82) is 0 Å². The smallest absolute Gasteiger partial charge is 0.488 e. The van der Waals surface area contributed by atoms with Crippen LogP contribution in [0.3, 0.4) is 0 Å². The number of benzene rings is 1. The molecule has 0 heterocycles. The molecule has 0 aliphatic rings. The maximum absolute atomic E-state index is 9.21. The second-order valence-corrected chi connectivity index (χ2v) is 4.55. The van der Waals surface area contributed by atoms with E-state index in [0.717, 1.165) is 16.9 Å². The standard InChI is InChI=1S/C12H19BO3/c1-8(2)7-16-11-5-9(3)12(13(14)15)10(4)6-11/h5-6,8,14-15H,7H2,1-4H3. The van der Waals surface area contributed by atoms with Crippen molar-refractivity contribution in [3.63, 3.8) is 0 Å². The molecule has 2 N–H and O–H groups in total. The minimum atomic E-state index is -1.42. The van der Waals surface area contributed by atoms with Gasteiger partial charge < -0.3 is 14.8 Å². The lowest BCUT2D eigenvalue weighted by Crippen LogP contribution is -2.34. The Labute approximate surface area is 97.2 Å². The molecule has 0 saturated heterocycles. The van der Waals surface area contributed by atoms with E-state index in [0.29, 0.717) is 18.0 Å². The van der Waals surface area contributed by atoms with Crippen molar-refractivity contribution in [2.24, 2.45) is 5.92 Å². The molecule has 0 atom stereocenters. The molecule has 1 aromatic rings. The van der Waals surface area contributed by atoms with Crippen LogP contribution < -0.4 is 10.2 Å². The van der Waals surface area contributed by atoms with Gasteiger partial charge in [0.05, 0.1) is 6.61 Å². The summed E-state index contributed by atoms with van der Waals surface area (Å²) in [5.74, 6) is 1.26. The number of hydrogen-bond acceptors (Lipinski definition) is 3. The molecule has 0 aliphatic heterocycles. The largest absolute Gasteiger partial charge is 0.493 e. The Morgan fingerprint density at radius 1 is 1.19 bits per heavy atom. The molecular formula is C12H19BO3. The fraction of sp³-hybridized carbons (Fsp3) is 0.500. The van der Waals surface area contributed by atoms with Crippen LogP contribution in [0.15, 0.2) is 12.1 Å². The van der Waals surface area contributed by atoms with Crippen LogP contribution in [0.2, 0.25) is 0 Å². The van der Waals surface area contributed by atoms with Gasteiger partial charge >= 0.3 is 7.12 Å². The lowest BCUT2D eigenvalue weighted by atomic mass is 9.74. The molecule has 0 saturated carbocycles. The Balaban J connectivity index is 2.92. The van der Waals surface area contributed by atoms with Gasteiger partial charge in [-0.25, -0.2) is 0 Å². The summed E-state index contributed by atoms with van der Waals surface area (Å²) >= 11 is 0. The van der Waals surface area contributed by atoms with Crippen LogP contribution >= 0.6 is 0 Å². The first kappa shape index (κ1) is 13.1. The van der Waals surface area contributed by atoms with E-state index in [1.54, 1.807) is 0 Å². The van der Waals surface area contributed by atoms with E-state index in [2.05, 4.69) is 13.8 Å². The molecule has 4 heteroatoms. The van der Waals surface area contributed by atoms with Gasteiger partial charge in [0.25, 0.3) is 0 Å². The van der Waals surface area contributed by atoms with E-state index in [4.69, 9.17) is 4.74 Å². The summed E-state index contributed by atoms with van der Waals surface area (Å²) in [4.78, 5) is 0. The van der Waals surface area contributed by atoms with E-state index in [-0.39, 0.29) is 0 Å². The highest BCUT2D eigenvalue weighted by molar-refractivity contribution is 6.59. The van der Waals surface area contributed by atoms with Gasteiger partial charge in [0.15, 0.2) is 0 Å². The molecule has 0 unspecified atom stereocenters. The third kappa shape index (κ3) is 3.25. The summed E-state index contributed by atoms with van der Waals surface area (Å²) in [6.07, 6.45) is 0. The Hall–Kier alpha value is -0.995. The molecule has 0 spiro atoms. The minimum Gasteiger partial charge on any atom is -0.493 e. The van der Waals surface area contributed by atoms with Crippen LogP contribution in [-0.4, -0.2) is 23.8 Å². The molecule has 88 valence electrons. The maximum atomic E-state index is 9.21. The van der Waals surface area contributed by atoms with E-state index < -0.39 is 7.12 Å². The summed E-state index contributed by atoms with van der Waals surface area (Å²) in [6, 6.07) is 3.67. The van der Waals surface area contributed by atoms with Crippen LogP contribution in [0.4, 0.5) is 0 Å². The molecule has 1 aromatic carbocycles. The van der Waals surface area contributed by atoms with E-state index in [1.807, 2.05) is 26.0 Å². The Morgan fingerprint density at radius 2 is 1.69 bits per heavy atom. The fourth-order valence-corrected chi connectivity index (χ4v) is 1.69. The Kier molecular flexibility index (Phi) is 4.39. The SMILES string of the molecule is Cc1cc(OCC(C)C)cc(C)c1B(O)O. The van der Waals surface area contributed by atoms with Crippen LogP contribution in [0.5, 0.6) is 5.75 Å². The normalized spacial score (nSPS) is 10.7.